The third-order valence-corrected chi connectivity index (χ3v) is 0. The summed E-state index contributed by atoms with van der Waals surface area (Å²) < 4.78 is 9.75. The summed E-state index contributed by atoms with van der Waals surface area (Å²) in [4.78, 5) is 0. The molecule has 0 rings (SSSR count). The summed E-state index contributed by atoms with van der Waals surface area (Å²) in [5, 5.41) is 0. The fourth-order valence-corrected chi connectivity index (χ4v) is 0. The Hall–Kier alpha value is 0.240. The van der Waals surface area contributed by atoms with Gasteiger partial charge in [-0.2, -0.15) is 4.21 Å². The molecule has 1 nitrogen and oxygen atoms in total. The van der Waals surface area contributed by atoms with Gasteiger partial charge in [-0.15, -0.1) is 0 Å². The Labute approximate surface area is 53.3 Å². The quantitative estimate of drug-likeness (QED) is 0.472. The Kier molecular flexibility index (Phi) is 167. The van der Waals surface area contributed by atoms with Gasteiger partial charge in [-0.05, 0) is 24.4 Å². The Morgan fingerprint density at radius 1 is 1.17 bits per heavy atom. The van der Waals surface area contributed by atoms with Crippen LogP contribution in [0.5, 0.6) is 0 Å². The highest BCUT2D eigenvalue weighted by Crippen LogP contribution is 1.29. The summed E-state index contributed by atoms with van der Waals surface area (Å²) in [7, 11) is 0. The van der Waals surface area contributed by atoms with E-state index in [4.69, 9.17) is 4.21 Å². The largest absolute Gasteiger partial charge is 0.197 e. The molecule has 0 aliphatic rings. The average molecular weight is 140 g/mol. The second-order valence-electron chi connectivity index (χ2n) is 0.0833. The maximum Gasteiger partial charge on any atom is 0.197 e. The molecule has 0 aromatic carbocycles. The topological polar surface area (TPSA) is 17.1 Å². The van der Waals surface area contributed by atoms with Crippen molar-refractivity contribution in [2.24, 2.45) is 0 Å². The first-order valence-electron chi connectivity index (χ1n) is 0.575. The second-order valence-corrected chi connectivity index (χ2v) is 0.750. The molecule has 6 heavy (non-hydrogen) atoms. The first-order chi connectivity index (χ1) is 2.41. The number of thiocarbonyl (C=S) groups is 2. The van der Waals surface area contributed by atoms with Crippen LogP contribution in [-0.2, 0) is 12.5 Å². The smallest absolute Gasteiger partial charge is 0.197 e. The minimum Gasteiger partial charge on any atom is -0.197 e. The zero-order valence-corrected chi connectivity index (χ0v) is 4.58. The number of hydrogen-bond donors (Lipinski definition) is 0. The molecule has 0 radical (unpaired) electrons. The number of hydrogen-bond acceptors (Lipinski definition) is 4. The van der Waals surface area contributed by atoms with Crippen LogP contribution in [0.15, 0.2) is 0 Å². The van der Waals surface area contributed by atoms with E-state index in [0.717, 1.165) is 0 Å². The van der Waals surface area contributed by atoms with E-state index in [-0.39, 0.29) is 7.43 Å². The van der Waals surface area contributed by atoms with E-state index in [1.165, 1.54) is 0 Å². The van der Waals surface area contributed by atoms with Crippen molar-refractivity contribution in [2.45, 2.75) is 7.43 Å². The molecule has 36 valence electrons. The van der Waals surface area contributed by atoms with Gasteiger partial charge in [0.15, 0.2) is 12.5 Å². The molecule has 0 atom stereocenters. The molecule has 0 saturated heterocycles. The van der Waals surface area contributed by atoms with Gasteiger partial charge in [-0.25, -0.2) is 0 Å². The maximum atomic E-state index is 7.83. The molecule has 0 spiro atoms. The first-order valence-corrected chi connectivity index (χ1v) is 1.72. The van der Waals surface area contributed by atoms with Crippen LogP contribution in [0.4, 0.5) is 0 Å². The van der Waals surface area contributed by atoms with Gasteiger partial charge in [0.1, 0.15) is 0 Å². The van der Waals surface area contributed by atoms with Gasteiger partial charge in [0.25, 0.3) is 0 Å². The molecule has 4 heteroatoms. The van der Waals surface area contributed by atoms with E-state index in [1.54, 1.807) is 0 Å². The lowest BCUT2D eigenvalue weighted by Crippen LogP contribution is -0.917. The van der Waals surface area contributed by atoms with E-state index < -0.39 is 0 Å². The van der Waals surface area contributed by atoms with Gasteiger partial charge in [0, 0.05) is 4.31 Å². The maximum absolute atomic E-state index is 7.83. The molecule has 0 aliphatic heterocycles. The minimum atomic E-state index is 0. The summed E-state index contributed by atoms with van der Waals surface area (Å²) in [6.45, 7) is 0. The van der Waals surface area contributed by atoms with Gasteiger partial charge >= 0.3 is 0 Å². The predicted molar refractivity (Wildman–Crippen MR) is 35.1 cm³/mol. The van der Waals surface area contributed by atoms with Crippen LogP contribution in [0, 0.1) is 0 Å². The molecule has 0 aromatic rings. The van der Waals surface area contributed by atoms with Crippen LogP contribution >= 0.6 is 24.4 Å². The lowest BCUT2D eigenvalue weighted by Gasteiger charge is -0.992. The molecule has 0 aromatic heterocycles. The van der Waals surface area contributed by atoms with Gasteiger partial charge < -0.3 is 0 Å². The predicted octanol–water partition coefficient (Wildman–Crippen LogP) is 1.32. The fourth-order valence-electron chi connectivity index (χ4n) is 0. The highest BCUT2D eigenvalue weighted by molar-refractivity contribution is 7.93. The van der Waals surface area contributed by atoms with E-state index in [2.05, 4.69) is 37.0 Å². The van der Waals surface area contributed by atoms with Crippen molar-refractivity contribution in [3.05, 3.63) is 0 Å². The van der Waals surface area contributed by atoms with Crippen molar-refractivity contribution in [1.82, 2.24) is 0 Å². The van der Waals surface area contributed by atoms with Crippen molar-refractivity contribution < 1.29 is 4.21 Å². The molecule has 0 heterocycles. The van der Waals surface area contributed by atoms with Crippen molar-refractivity contribution >= 4 is 41.3 Å². The Balaban J connectivity index is -0.0000000275. The molecule has 0 bridgehead atoms. The fraction of sp³-hybridized carbons (Fsp3) is 0.500. The van der Waals surface area contributed by atoms with Gasteiger partial charge in [-0.1, -0.05) is 7.43 Å². The first kappa shape index (κ1) is 16.3. The van der Waals surface area contributed by atoms with Crippen LogP contribution in [0.25, 0.3) is 0 Å². The van der Waals surface area contributed by atoms with Gasteiger partial charge in [-0.3, -0.25) is 0 Å². The molecule has 0 saturated carbocycles. The molecule has 0 aliphatic carbocycles. The monoisotopic (exact) mass is 140 g/mol. The van der Waals surface area contributed by atoms with E-state index >= 15 is 0 Å². The third-order valence-electron chi connectivity index (χ3n) is 0. The van der Waals surface area contributed by atoms with Crippen molar-refractivity contribution in [2.75, 3.05) is 0 Å². The highest BCUT2D eigenvalue weighted by atomic mass is 32.1. The van der Waals surface area contributed by atoms with Crippen LogP contribution in [0.3, 0.4) is 0 Å². The zero-order valence-electron chi connectivity index (χ0n) is 2.13. The molecule has 0 amide bonds. The normalized spacial score (nSPS) is 2.00. The molecule has 0 fully saturated rings. The van der Waals surface area contributed by atoms with Crippen LogP contribution in [0.2, 0.25) is 0 Å². The van der Waals surface area contributed by atoms with Crippen molar-refractivity contribution in [3.63, 3.8) is 0 Å². The lowest BCUT2D eigenvalue weighted by molar-refractivity contribution is 0.702. The zero-order chi connectivity index (χ0) is 4.71. The Morgan fingerprint density at radius 2 is 1.17 bits per heavy atom. The van der Waals surface area contributed by atoms with Crippen molar-refractivity contribution in [3.8, 4) is 0 Å². The minimum absolute atomic E-state index is 0. The van der Waals surface area contributed by atoms with E-state index in [1.807, 2.05) is 4.31 Å². The van der Waals surface area contributed by atoms with Crippen molar-refractivity contribution in [1.29, 1.82) is 0 Å². The summed E-state index contributed by atoms with van der Waals surface area (Å²) in [5.41, 5.74) is 0. The van der Waals surface area contributed by atoms with Crippen LogP contribution < -0.4 is 0 Å². The van der Waals surface area contributed by atoms with Gasteiger partial charge in [0.2, 0.25) is 0 Å². The van der Waals surface area contributed by atoms with E-state index in [0.29, 0.717) is 0 Å². The van der Waals surface area contributed by atoms with Gasteiger partial charge in [0.05, 0.1) is 0 Å². The third kappa shape index (κ3) is 773. The summed E-state index contributed by atoms with van der Waals surface area (Å²) in [6, 6.07) is 0. The molecular weight excluding hydrogens is 136 g/mol. The lowest BCUT2D eigenvalue weighted by atomic mass is 12.0. The Morgan fingerprint density at radius 3 is 1.17 bits per heavy atom. The van der Waals surface area contributed by atoms with Crippen LogP contribution in [-0.4, -0.2) is 8.52 Å². The van der Waals surface area contributed by atoms with E-state index in [9.17, 15) is 0 Å². The number of rotatable bonds is 0. The molecular formula is C2H4OS3. The molecule has 0 N–H and O–H groups in total. The summed E-state index contributed by atoms with van der Waals surface area (Å²) >= 11 is 10.8. The van der Waals surface area contributed by atoms with Crippen LogP contribution in [0.1, 0.15) is 7.43 Å². The SMILES string of the molecule is C.O=S.S=C=S. The average Bonchev–Trinajstić information content (AvgIpc) is 1.46. The summed E-state index contributed by atoms with van der Waals surface area (Å²) in [6.07, 6.45) is 0. The standard InChI is InChI=1S/CS2.CH4.OS/c2-1-3;;1-2/h;1H4;. The molecule has 0 unspecified atom stereocenters. The summed E-state index contributed by atoms with van der Waals surface area (Å²) in [5.74, 6) is 0. The highest BCUT2D eigenvalue weighted by Gasteiger charge is 1.01. The second kappa shape index (κ2) is 61.3. The Bertz CT molecular complexity index is 38.1.